The summed E-state index contributed by atoms with van der Waals surface area (Å²) in [6.45, 7) is 10.5. The number of hydrogen-bond donors (Lipinski definition) is 0. The molecule has 1 aromatic heterocycles. The van der Waals surface area contributed by atoms with Crippen molar-refractivity contribution in [1.29, 1.82) is 0 Å². The zero-order chi connectivity index (χ0) is 27.7. The van der Waals surface area contributed by atoms with Crippen LogP contribution in [-0.2, 0) is 24.1 Å². The van der Waals surface area contributed by atoms with Gasteiger partial charge in [0.05, 0.1) is 24.9 Å². The molecule has 1 unspecified atom stereocenters. The standard InChI is InChI=1S/C33H45N5O2/c1-5-24-10-7-11-25-12-8-13-29(30(24)25)37-18-14-27-28(21-37)34-32(40-23-33(15-16-33)22-36(3)4)35-31(27)38-17-9-19-39-26(6-2)20-38/h7-8,10-13,26H,5-6,9,14-23H2,1-4H3. The molecule has 6 rings (SSSR count). The lowest BCUT2D eigenvalue weighted by Crippen LogP contribution is -2.37. The van der Waals surface area contributed by atoms with Gasteiger partial charge in [0.2, 0.25) is 0 Å². The lowest BCUT2D eigenvalue weighted by molar-refractivity contribution is 0.0664. The molecule has 0 N–H and O–H groups in total. The van der Waals surface area contributed by atoms with Gasteiger partial charge in [0.15, 0.2) is 0 Å². The predicted molar refractivity (Wildman–Crippen MR) is 163 cm³/mol. The smallest absolute Gasteiger partial charge is 0.318 e. The molecule has 214 valence electrons. The van der Waals surface area contributed by atoms with Crippen LogP contribution in [0, 0.1) is 5.41 Å². The molecule has 1 aliphatic carbocycles. The first-order chi connectivity index (χ1) is 19.5. The first-order valence-electron chi connectivity index (χ1n) is 15.3. The van der Waals surface area contributed by atoms with E-state index in [9.17, 15) is 0 Å². The van der Waals surface area contributed by atoms with E-state index in [4.69, 9.17) is 19.4 Å². The monoisotopic (exact) mass is 543 g/mol. The summed E-state index contributed by atoms with van der Waals surface area (Å²) in [6.07, 6.45) is 6.62. The summed E-state index contributed by atoms with van der Waals surface area (Å²) in [4.78, 5) is 17.4. The van der Waals surface area contributed by atoms with Crippen molar-refractivity contribution >= 4 is 22.3 Å². The molecule has 0 bridgehead atoms. The number of benzene rings is 2. The fraction of sp³-hybridized carbons (Fsp3) is 0.576. The Hall–Kier alpha value is -2.90. The van der Waals surface area contributed by atoms with Gasteiger partial charge in [-0.2, -0.15) is 9.97 Å². The van der Waals surface area contributed by atoms with Gasteiger partial charge < -0.3 is 24.2 Å². The lowest BCUT2D eigenvalue weighted by Gasteiger charge is -2.34. The lowest BCUT2D eigenvalue weighted by atomic mass is 9.98. The minimum absolute atomic E-state index is 0.232. The molecule has 0 amide bonds. The normalized spacial score (nSPS) is 20.5. The van der Waals surface area contributed by atoms with Crippen molar-refractivity contribution < 1.29 is 9.47 Å². The van der Waals surface area contributed by atoms with Crippen LogP contribution >= 0.6 is 0 Å². The second kappa shape index (κ2) is 11.5. The third kappa shape index (κ3) is 5.64. The topological polar surface area (TPSA) is 54.0 Å². The Kier molecular flexibility index (Phi) is 7.87. The molecular weight excluding hydrogens is 498 g/mol. The third-order valence-electron chi connectivity index (χ3n) is 8.93. The van der Waals surface area contributed by atoms with Crippen molar-refractivity contribution in [3.8, 4) is 6.01 Å². The predicted octanol–water partition coefficient (Wildman–Crippen LogP) is 5.48. The summed E-state index contributed by atoms with van der Waals surface area (Å²) in [5.74, 6) is 1.06. The van der Waals surface area contributed by atoms with E-state index in [1.807, 2.05) is 0 Å². The fourth-order valence-electron chi connectivity index (χ4n) is 6.62. The zero-order valence-corrected chi connectivity index (χ0v) is 24.8. The minimum atomic E-state index is 0.232. The summed E-state index contributed by atoms with van der Waals surface area (Å²) < 4.78 is 12.6. The first-order valence-corrected chi connectivity index (χ1v) is 15.3. The summed E-state index contributed by atoms with van der Waals surface area (Å²) in [6, 6.07) is 13.9. The quantitative estimate of drug-likeness (QED) is 0.354. The largest absolute Gasteiger partial charge is 0.463 e. The molecule has 7 heteroatoms. The van der Waals surface area contributed by atoms with Gasteiger partial charge in [0, 0.05) is 54.8 Å². The number of anilines is 2. The van der Waals surface area contributed by atoms with E-state index < -0.39 is 0 Å². The summed E-state index contributed by atoms with van der Waals surface area (Å²) in [5, 5.41) is 2.68. The van der Waals surface area contributed by atoms with E-state index in [-0.39, 0.29) is 11.5 Å². The maximum atomic E-state index is 6.44. The molecule has 2 aliphatic heterocycles. The molecule has 1 atom stereocenters. The van der Waals surface area contributed by atoms with Crippen LogP contribution in [0.2, 0.25) is 0 Å². The maximum absolute atomic E-state index is 6.44. The molecular formula is C33H45N5O2. The number of nitrogens with zero attached hydrogens (tertiary/aromatic N) is 5. The van der Waals surface area contributed by atoms with Crippen molar-refractivity contribution in [2.24, 2.45) is 5.41 Å². The Morgan fingerprint density at radius 1 is 1.05 bits per heavy atom. The fourth-order valence-corrected chi connectivity index (χ4v) is 6.62. The van der Waals surface area contributed by atoms with Gasteiger partial charge in [-0.3, -0.25) is 0 Å². The highest BCUT2D eigenvalue weighted by atomic mass is 16.5. The third-order valence-corrected chi connectivity index (χ3v) is 8.93. The van der Waals surface area contributed by atoms with Crippen LogP contribution in [0.25, 0.3) is 10.8 Å². The number of fused-ring (bicyclic) bond motifs is 2. The number of hydrogen-bond acceptors (Lipinski definition) is 7. The van der Waals surface area contributed by atoms with Crippen LogP contribution in [0.4, 0.5) is 11.5 Å². The highest BCUT2D eigenvalue weighted by molar-refractivity contribution is 5.97. The van der Waals surface area contributed by atoms with E-state index >= 15 is 0 Å². The van der Waals surface area contributed by atoms with Crippen LogP contribution in [0.1, 0.15) is 56.4 Å². The van der Waals surface area contributed by atoms with E-state index in [0.717, 1.165) is 76.5 Å². The van der Waals surface area contributed by atoms with Crippen molar-refractivity contribution in [1.82, 2.24) is 14.9 Å². The molecule has 1 saturated heterocycles. The van der Waals surface area contributed by atoms with Gasteiger partial charge in [0.1, 0.15) is 5.82 Å². The Bertz CT molecular complexity index is 1330. The van der Waals surface area contributed by atoms with Gasteiger partial charge in [-0.1, -0.05) is 44.2 Å². The average Bonchev–Trinajstić information content (AvgIpc) is 3.77. The van der Waals surface area contributed by atoms with Gasteiger partial charge in [0.25, 0.3) is 0 Å². The SMILES string of the molecule is CCc1cccc2cccc(N3CCc4c(nc(OCC5(CN(C)C)CC5)nc4N4CCCOC(CC)C4)C3)c12. The van der Waals surface area contributed by atoms with Crippen LogP contribution in [-0.4, -0.2) is 74.5 Å². The molecule has 2 fully saturated rings. The first kappa shape index (κ1) is 27.3. The van der Waals surface area contributed by atoms with Gasteiger partial charge in [-0.15, -0.1) is 0 Å². The Balaban J connectivity index is 1.35. The van der Waals surface area contributed by atoms with E-state index in [0.29, 0.717) is 12.6 Å². The van der Waals surface area contributed by atoms with Crippen LogP contribution < -0.4 is 14.5 Å². The highest BCUT2D eigenvalue weighted by Crippen LogP contribution is 2.46. The van der Waals surface area contributed by atoms with Crippen LogP contribution in [0.5, 0.6) is 6.01 Å². The van der Waals surface area contributed by atoms with Gasteiger partial charge in [-0.25, -0.2) is 0 Å². The number of rotatable bonds is 9. The molecule has 3 aliphatic rings. The Labute approximate surface area is 239 Å². The van der Waals surface area contributed by atoms with Crippen LogP contribution in [0.3, 0.4) is 0 Å². The minimum Gasteiger partial charge on any atom is -0.463 e. The molecule has 3 aromatic rings. The molecule has 0 spiro atoms. The Morgan fingerprint density at radius 3 is 2.62 bits per heavy atom. The van der Waals surface area contributed by atoms with Crippen molar-refractivity contribution in [2.75, 3.05) is 63.3 Å². The molecule has 2 aromatic carbocycles. The number of ether oxygens (including phenoxy) is 2. The maximum Gasteiger partial charge on any atom is 0.318 e. The summed E-state index contributed by atoms with van der Waals surface area (Å²) in [7, 11) is 4.29. The molecule has 7 nitrogen and oxygen atoms in total. The van der Waals surface area contributed by atoms with E-state index in [1.165, 1.54) is 40.4 Å². The summed E-state index contributed by atoms with van der Waals surface area (Å²) in [5.41, 5.74) is 5.33. The van der Waals surface area contributed by atoms with Gasteiger partial charge >= 0.3 is 6.01 Å². The Morgan fingerprint density at radius 2 is 1.88 bits per heavy atom. The number of aromatic nitrogens is 2. The zero-order valence-electron chi connectivity index (χ0n) is 24.8. The summed E-state index contributed by atoms with van der Waals surface area (Å²) >= 11 is 0. The van der Waals surface area contributed by atoms with Crippen molar-refractivity contribution in [3.05, 3.63) is 53.2 Å². The van der Waals surface area contributed by atoms with Gasteiger partial charge in [-0.05, 0) is 69.6 Å². The number of aryl methyl sites for hydroxylation is 1. The second-order valence-electron chi connectivity index (χ2n) is 12.3. The van der Waals surface area contributed by atoms with Crippen LogP contribution in [0.15, 0.2) is 36.4 Å². The van der Waals surface area contributed by atoms with E-state index in [1.54, 1.807) is 0 Å². The molecule has 3 heterocycles. The molecule has 0 radical (unpaired) electrons. The molecule has 1 saturated carbocycles. The highest BCUT2D eigenvalue weighted by Gasteiger charge is 2.44. The van der Waals surface area contributed by atoms with E-state index in [2.05, 4.69) is 79.0 Å². The van der Waals surface area contributed by atoms with Crippen molar-refractivity contribution in [3.63, 3.8) is 0 Å². The molecule has 40 heavy (non-hydrogen) atoms. The average molecular weight is 544 g/mol. The van der Waals surface area contributed by atoms with Crippen molar-refractivity contribution in [2.45, 2.75) is 65.0 Å². The second-order valence-corrected chi connectivity index (χ2v) is 12.3.